The van der Waals surface area contributed by atoms with E-state index in [0.717, 1.165) is 40.7 Å². The minimum Gasteiger partial charge on any atom is -0.465 e. The van der Waals surface area contributed by atoms with Gasteiger partial charge in [0, 0.05) is 23.3 Å². The summed E-state index contributed by atoms with van der Waals surface area (Å²) in [6.45, 7) is 6.35. The molecule has 0 saturated carbocycles. The number of rotatable bonds is 2. The van der Waals surface area contributed by atoms with E-state index in [4.69, 9.17) is 5.73 Å². The molecule has 2 aromatic heterocycles. The molecule has 0 radical (unpaired) electrons. The second-order valence-corrected chi connectivity index (χ2v) is 8.27. The van der Waals surface area contributed by atoms with Crippen LogP contribution < -0.4 is 5.73 Å². The maximum Gasteiger partial charge on any atom is 0.408 e. The van der Waals surface area contributed by atoms with Crippen molar-refractivity contribution in [1.82, 2.24) is 19.4 Å². The smallest absolute Gasteiger partial charge is 0.408 e. The summed E-state index contributed by atoms with van der Waals surface area (Å²) in [4.78, 5) is 22.3. The van der Waals surface area contributed by atoms with Crippen molar-refractivity contribution in [3.8, 4) is 11.1 Å². The van der Waals surface area contributed by atoms with E-state index in [0.29, 0.717) is 12.4 Å². The lowest BCUT2D eigenvalue weighted by molar-refractivity contribution is 0.0575. The van der Waals surface area contributed by atoms with Crippen molar-refractivity contribution in [2.45, 2.75) is 51.7 Å². The minimum atomic E-state index is -0.894. The molecule has 0 unspecified atom stereocenters. The largest absolute Gasteiger partial charge is 0.465 e. The topological polar surface area (TPSA) is 97.3 Å². The molecule has 1 atom stereocenters. The predicted octanol–water partition coefficient (Wildman–Crippen LogP) is 3.77. The molecule has 7 heteroatoms. The van der Waals surface area contributed by atoms with Gasteiger partial charge in [0.1, 0.15) is 17.8 Å². The van der Waals surface area contributed by atoms with E-state index in [2.05, 4.69) is 26.7 Å². The first-order valence-electron chi connectivity index (χ1n) is 9.48. The summed E-state index contributed by atoms with van der Waals surface area (Å²) in [6, 6.07) is 9.99. The molecule has 1 amide bonds. The number of fused-ring (bicyclic) bond motifs is 3. The van der Waals surface area contributed by atoms with E-state index < -0.39 is 11.6 Å². The summed E-state index contributed by atoms with van der Waals surface area (Å²) in [5.74, 6) is 0.452. The molecule has 1 aliphatic heterocycles. The molecule has 3 N–H and O–H groups in total. The van der Waals surface area contributed by atoms with Crippen LogP contribution in [0, 0.1) is 0 Å². The van der Waals surface area contributed by atoms with E-state index in [-0.39, 0.29) is 6.04 Å². The monoisotopic (exact) mass is 379 g/mol. The number of anilines is 1. The third-order valence-corrected chi connectivity index (χ3v) is 5.44. The Hall–Kier alpha value is -3.09. The van der Waals surface area contributed by atoms with Gasteiger partial charge in [0.2, 0.25) is 0 Å². The number of benzene rings is 1. The van der Waals surface area contributed by atoms with Crippen LogP contribution in [0.3, 0.4) is 0 Å². The Kier molecular flexibility index (Phi) is 4.25. The first-order valence-corrected chi connectivity index (χ1v) is 9.48. The molecule has 0 bridgehead atoms. The highest BCUT2D eigenvalue weighted by Gasteiger charge is 2.37. The molecule has 3 heterocycles. The molecule has 0 spiro atoms. The Bertz CT molecular complexity index is 1040. The quantitative estimate of drug-likeness (QED) is 0.706. The van der Waals surface area contributed by atoms with Crippen LogP contribution in [0.25, 0.3) is 22.2 Å². The first kappa shape index (κ1) is 18.3. The Morgan fingerprint density at radius 2 is 1.96 bits per heavy atom. The fraction of sp³-hybridized carbons (Fsp3) is 0.381. The van der Waals surface area contributed by atoms with Gasteiger partial charge < -0.3 is 15.4 Å². The number of nitrogens with two attached hydrogens (primary N) is 1. The fourth-order valence-electron chi connectivity index (χ4n) is 4.42. The van der Waals surface area contributed by atoms with E-state index in [1.807, 2.05) is 39.0 Å². The van der Waals surface area contributed by atoms with Gasteiger partial charge in [0.25, 0.3) is 0 Å². The zero-order valence-electron chi connectivity index (χ0n) is 16.4. The number of carboxylic acid groups (broad SMARTS) is 1. The maximum absolute atomic E-state index is 12.0. The summed E-state index contributed by atoms with van der Waals surface area (Å²) in [5, 5.41) is 10.7. The van der Waals surface area contributed by atoms with Gasteiger partial charge in [-0.25, -0.2) is 14.8 Å². The number of nitrogens with zero attached hydrogens (tertiary/aromatic N) is 4. The number of hydrogen-bond donors (Lipinski definition) is 2. The average molecular weight is 379 g/mol. The lowest BCUT2D eigenvalue weighted by atomic mass is 9.94. The second kappa shape index (κ2) is 6.51. The molecule has 28 heavy (non-hydrogen) atoms. The van der Waals surface area contributed by atoms with E-state index in [1.165, 1.54) is 6.33 Å². The van der Waals surface area contributed by atoms with Crippen molar-refractivity contribution < 1.29 is 9.90 Å². The molecule has 1 aromatic carbocycles. The molecule has 3 aromatic rings. The van der Waals surface area contributed by atoms with Crippen LogP contribution >= 0.6 is 0 Å². The van der Waals surface area contributed by atoms with Gasteiger partial charge in [-0.15, -0.1) is 0 Å². The van der Waals surface area contributed by atoms with Crippen LogP contribution in [-0.2, 0) is 13.0 Å². The van der Waals surface area contributed by atoms with Gasteiger partial charge in [-0.1, -0.05) is 30.3 Å². The molecule has 146 valence electrons. The van der Waals surface area contributed by atoms with Crippen LogP contribution in [0.15, 0.2) is 36.7 Å². The van der Waals surface area contributed by atoms with Crippen LogP contribution in [0.2, 0.25) is 0 Å². The third kappa shape index (κ3) is 2.87. The van der Waals surface area contributed by atoms with Crippen LogP contribution in [0.5, 0.6) is 0 Å². The normalized spacial score (nSPS) is 16.8. The third-order valence-electron chi connectivity index (χ3n) is 5.44. The van der Waals surface area contributed by atoms with Crippen LogP contribution in [0.4, 0.5) is 10.6 Å². The standard InChI is InChI=1S/C21H25N5O2/c1-21(2,3)26(20(27)28)14-9-10-15-16(13-7-5-4-6-8-13)17-18(22)23-12-24-19(17)25(15)11-14/h4-8,12,14H,9-11H2,1-3H3,(H,27,28)(H2,22,23,24)/t14-/m0/s1. The molecule has 4 rings (SSSR count). The lowest BCUT2D eigenvalue weighted by Gasteiger charge is -2.41. The lowest BCUT2D eigenvalue weighted by Crippen LogP contribution is -2.53. The molecule has 1 aliphatic rings. The Labute approximate surface area is 163 Å². The summed E-state index contributed by atoms with van der Waals surface area (Å²) in [7, 11) is 0. The van der Waals surface area contributed by atoms with Crippen molar-refractivity contribution in [3.63, 3.8) is 0 Å². The van der Waals surface area contributed by atoms with Gasteiger partial charge in [-0.3, -0.25) is 4.90 Å². The molecule has 0 aliphatic carbocycles. The number of aromatic nitrogens is 3. The summed E-state index contributed by atoms with van der Waals surface area (Å²) in [6.07, 6.45) is 2.09. The van der Waals surface area contributed by atoms with Crippen molar-refractivity contribution in [2.24, 2.45) is 0 Å². The van der Waals surface area contributed by atoms with Crippen molar-refractivity contribution in [3.05, 3.63) is 42.4 Å². The number of carbonyl (C=O) groups is 1. The Morgan fingerprint density at radius 3 is 2.61 bits per heavy atom. The zero-order valence-corrected chi connectivity index (χ0v) is 16.4. The highest BCUT2D eigenvalue weighted by atomic mass is 16.4. The van der Waals surface area contributed by atoms with Crippen molar-refractivity contribution in [1.29, 1.82) is 0 Å². The summed E-state index contributed by atoms with van der Waals surface area (Å²) >= 11 is 0. The van der Waals surface area contributed by atoms with Gasteiger partial charge in [-0.05, 0) is 39.2 Å². The van der Waals surface area contributed by atoms with E-state index in [1.54, 1.807) is 4.90 Å². The number of amides is 1. The fourth-order valence-corrected chi connectivity index (χ4v) is 4.42. The van der Waals surface area contributed by atoms with E-state index >= 15 is 0 Å². The highest BCUT2D eigenvalue weighted by Crippen LogP contribution is 2.40. The summed E-state index contributed by atoms with van der Waals surface area (Å²) < 4.78 is 2.13. The van der Waals surface area contributed by atoms with Gasteiger partial charge in [0.05, 0.1) is 11.4 Å². The molecular formula is C21H25N5O2. The molecular weight excluding hydrogens is 354 g/mol. The second-order valence-electron chi connectivity index (χ2n) is 8.27. The minimum absolute atomic E-state index is 0.125. The average Bonchev–Trinajstić information content (AvgIpc) is 2.96. The molecule has 0 saturated heterocycles. The van der Waals surface area contributed by atoms with E-state index in [9.17, 15) is 9.90 Å². The van der Waals surface area contributed by atoms with Crippen molar-refractivity contribution in [2.75, 3.05) is 5.73 Å². The Balaban J connectivity index is 1.89. The first-order chi connectivity index (χ1) is 13.3. The maximum atomic E-state index is 12.0. The zero-order chi connectivity index (χ0) is 20.1. The Morgan fingerprint density at radius 1 is 1.25 bits per heavy atom. The van der Waals surface area contributed by atoms with Crippen LogP contribution in [0.1, 0.15) is 32.9 Å². The van der Waals surface area contributed by atoms with Gasteiger partial charge >= 0.3 is 6.09 Å². The van der Waals surface area contributed by atoms with Gasteiger partial charge in [0.15, 0.2) is 0 Å². The molecule has 0 fully saturated rings. The summed E-state index contributed by atoms with van der Waals surface area (Å²) in [5.41, 5.74) is 9.82. The van der Waals surface area contributed by atoms with Gasteiger partial charge in [-0.2, -0.15) is 0 Å². The number of nitrogen functional groups attached to an aromatic ring is 1. The number of hydrogen-bond acceptors (Lipinski definition) is 4. The predicted molar refractivity (Wildman–Crippen MR) is 109 cm³/mol. The SMILES string of the molecule is CC(C)(C)N(C(=O)O)[C@H]1CCc2c(-c3ccccc3)c3c(N)ncnc3n2C1. The van der Waals surface area contributed by atoms with Crippen LogP contribution in [-0.4, -0.2) is 42.2 Å². The molecule has 7 nitrogen and oxygen atoms in total. The highest BCUT2D eigenvalue weighted by molar-refractivity contribution is 6.02. The van der Waals surface area contributed by atoms with Crippen molar-refractivity contribution >= 4 is 22.9 Å².